The van der Waals surface area contributed by atoms with Crippen molar-refractivity contribution in [2.75, 3.05) is 6.61 Å². The maximum absolute atomic E-state index is 14.0. The van der Waals surface area contributed by atoms with E-state index in [9.17, 15) is 22.4 Å². The monoisotopic (exact) mass is 384 g/mol. The van der Waals surface area contributed by atoms with Crippen LogP contribution in [0, 0.1) is 5.82 Å². The average molecular weight is 384 g/mol. The summed E-state index contributed by atoms with van der Waals surface area (Å²) < 4.78 is 60.1. The zero-order chi connectivity index (χ0) is 19.6. The minimum Gasteiger partial charge on any atom is -0.480 e. The van der Waals surface area contributed by atoms with E-state index in [-0.39, 0.29) is 24.2 Å². The maximum Gasteiger partial charge on any atom is 0.573 e. The number of carboxylic acids is 1. The largest absolute Gasteiger partial charge is 0.573 e. The number of hydrogen-bond donors (Lipinski definition) is 1. The van der Waals surface area contributed by atoms with Crippen LogP contribution in [0.1, 0.15) is 24.3 Å². The fourth-order valence-electron chi connectivity index (χ4n) is 3.02. The fourth-order valence-corrected chi connectivity index (χ4v) is 3.02. The van der Waals surface area contributed by atoms with Crippen molar-refractivity contribution in [3.63, 3.8) is 0 Å². The molecule has 0 aromatic heterocycles. The first-order valence-corrected chi connectivity index (χ1v) is 8.20. The summed E-state index contributed by atoms with van der Waals surface area (Å²) in [4.78, 5) is 10.5. The molecule has 2 aromatic carbocycles. The van der Waals surface area contributed by atoms with Crippen LogP contribution in [0.2, 0.25) is 0 Å². The molecule has 0 unspecified atom stereocenters. The second-order valence-corrected chi connectivity index (χ2v) is 6.31. The number of aliphatic carboxylic acids is 1. The van der Waals surface area contributed by atoms with Crippen LogP contribution in [0.4, 0.5) is 17.6 Å². The van der Waals surface area contributed by atoms with Gasteiger partial charge < -0.3 is 14.6 Å². The molecule has 4 nitrogen and oxygen atoms in total. The third kappa shape index (κ3) is 4.97. The molecule has 1 saturated carbocycles. The molecule has 2 aromatic rings. The third-order valence-electron chi connectivity index (χ3n) is 4.40. The highest BCUT2D eigenvalue weighted by Crippen LogP contribution is 2.39. The molecule has 1 aliphatic rings. The summed E-state index contributed by atoms with van der Waals surface area (Å²) in [6, 6.07) is 9.70. The molecule has 0 spiro atoms. The van der Waals surface area contributed by atoms with E-state index >= 15 is 0 Å². The van der Waals surface area contributed by atoms with Crippen molar-refractivity contribution < 1.29 is 36.9 Å². The van der Waals surface area contributed by atoms with Gasteiger partial charge in [-0.05, 0) is 48.1 Å². The first-order chi connectivity index (χ1) is 12.7. The topological polar surface area (TPSA) is 55.8 Å². The van der Waals surface area contributed by atoms with E-state index < -0.39 is 23.9 Å². The van der Waals surface area contributed by atoms with Gasteiger partial charge in [0.25, 0.3) is 0 Å². The Kier molecular flexibility index (Phi) is 5.36. The first-order valence-electron chi connectivity index (χ1n) is 8.20. The Hall–Kier alpha value is -2.61. The van der Waals surface area contributed by atoms with E-state index in [1.54, 1.807) is 24.3 Å². The Bertz CT molecular complexity index is 811. The van der Waals surface area contributed by atoms with Gasteiger partial charge in [-0.1, -0.05) is 24.3 Å². The molecule has 0 atom stereocenters. The van der Waals surface area contributed by atoms with Gasteiger partial charge in [-0.25, -0.2) is 9.18 Å². The van der Waals surface area contributed by atoms with Gasteiger partial charge in [-0.15, -0.1) is 13.2 Å². The molecule has 0 saturated heterocycles. The van der Waals surface area contributed by atoms with Crippen LogP contribution >= 0.6 is 0 Å². The lowest BCUT2D eigenvalue weighted by Crippen LogP contribution is -2.31. The average Bonchev–Trinajstić information content (AvgIpc) is 2.54. The summed E-state index contributed by atoms with van der Waals surface area (Å²) in [6.07, 6.45) is -3.56. The predicted octanol–water partition coefficient (Wildman–Crippen LogP) is 4.74. The van der Waals surface area contributed by atoms with E-state index in [0.29, 0.717) is 18.4 Å². The number of benzene rings is 2. The summed E-state index contributed by atoms with van der Waals surface area (Å²) in [5.74, 6) is -1.94. The van der Waals surface area contributed by atoms with Crippen molar-refractivity contribution in [2.45, 2.75) is 31.2 Å². The number of ether oxygens (including phenoxy) is 2. The van der Waals surface area contributed by atoms with Crippen molar-refractivity contribution >= 4 is 5.97 Å². The van der Waals surface area contributed by atoms with Gasteiger partial charge in [0.15, 0.2) is 0 Å². The van der Waals surface area contributed by atoms with E-state index in [1.807, 2.05) is 0 Å². The molecule has 0 bridgehead atoms. The highest BCUT2D eigenvalue weighted by Gasteiger charge is 2.32. The predicted molar refractivity (Wildman–Crippen MR) is 87.9 cm³/mol. The Morgan fingerprint density at radius 1 is 1.11 bits per heavy atom. The molecule has 0 radical (unpaired) electrons. The van der Waals surface area contributed by atoms with Crippen molar-refractivity contribution in [1.29, 1.82) is 0 Å². The van der Waals surface area contributed by atoms with Gasteiger partial charge in [-0.3, -0.25) is 0 Å². The summed E-state index contributed by atoms with van der Waals surface area (Å²) in [6.45, 7) is -0.327. The van der Waals surface area contributed by atoms with Crippen LogP contribution in [-0.4, -0.2) is 30.1 Å². The summed E-state index contributed by atoms with van der Waals surface area (Å²) in [7, 11) is 0. The highest BCUT2D eigenvalue weighted by atomic mass is 19.4. The van der Waals surface area contributed by atoms with E-state index in [0.717, 1.165) is 23.8 Å². The highest BCUT2D eigenvalue weighted by molar-refractivity contribution is 5.68. The summed E-state index contributed by atoms with van der Waals surface area (Å²) >= 11 is 0. The molecule has 1 fully saturated rings. The van der Waals surface area contributed by atoms with Crippen molar-refractivity contribution in [3.8, 4) is 16.9 Å². The van der Waals surface area contributed by atoms with Crippen LogP contribution < -0.4 is 4.74 Å². The number of alkyl halides is 3. The Labute approximate surface area is 152 Å². The van der Waals surface area contributed by atoms with Crippen LogP contribution in [0.25, 0.3) is 11.1 Å². The molecule has 0 amide bonds. The Balaban J connectivity index is 1.67. The van der Waals surface area contributed by atoms with Crippen molar-refractivity contribution in [1.82, 2.24) is 0 Å². The zero-order valence-electron chi connectivity index (χ0n) is 14.0. The second kappa shape index (κ2) is 7.56. The lowest BCUT2D eigenvalue weighted by atomic mass is 9.77. The quantitative estimate of drug-likeness (QED) is 0.731. The molecule has 8 heteroatoms. The lowest BCUT2D eigenvalue weighted by molar-refractivity contribution is -0.274. The number of halogens is 4. The third-order valence-corrected chi connectivity index (χ3v) is 4.40. The molecule has 3 rings (SSSR count). The summed E-state index contributed by atoms with van der Waals surface area (Å²) in [5, 5.41) is 8.58. The van der Waals surface area contributed by atoms with Gasteiger partial charge in [0.1, 0.15) is 18.2 Å². The number of carboxylic acid groups (broad SMARTS) is 1. The Morgan fingerprint density at radius 3 is 2.37 bits per heavy atom. The number of rotatable bonds is 6. The van der Waals surface area contributed by atoms with Crippen LogP contribution in [-0.2, 0) is 9.53 Å². The first kappa shape index (κ1) is 19.2. The molecule has 27 heavy (non-hydrogen) atoms. The van der Waals surface area contributed by atoms with Gasteiger partial charge in [0.2, 0.25) is 0 Å². The van der Waals surface area contributed by atoms with Gasteiger partial charge in [0.05, 0.1) is 6.10 Å². The van der Waals surface area contributed by atoms with Crippen molar-refractivity contribution in [2.24, 2.45) is 0 Å². The van der Waals surface area contributed by atoms with Gasteiger partial charge >= 0.3 is 12.3 Å². The second-order valence-electron chi connectivity index (χ2n) is 6.31. The van der Waals surface area contributed by atoms with E-state index in [1.165, 1.54) is 0 Å². The molecule has 144 valence electrons. The van der Waals surface area contributed by atoms with E-state index in [4.69, 9.17) is 9.84 Å². The van der Waals surface area contributed by atoms with Crippen molar-refractivity contribution in [3.05, 3.63) is 53.8 Å². The zero-order valence-corrected chi connectivity index (χ0v) is 14.0. The standard InChI is InChI=1S/C19H16F4O4/c20-17-6-5-14(27-19(21,22)23)9-16(17)12-3-1-11(2-4-12)13-7-15(8-13)26-10-18(24)25/h1-6,9,13,15H,7-8,10H2,(H,24,25)/t13-,15+. The SMILES string of the molecule is O=C(O)CO[C@H]1C[C@@H](c2ccc(-c3cc(OC(F)(F)F)ccc3F)cc2)C1. The molecular formula is C19H16F4O4. The minimum atomic E-state index is -4.84. The van der Waals surface area contributed by atoms with Crippen LogP contribution in [0.5, 0.6) is 5.75 Å². The minimum absolute atomic E-state index is 0.0135. The van der Waals surface area contributed by atoms with Crippen LogP contribution in [0.15, 0.2) is 42.5 Å². The molecule has 0 heterocycles. The van der Waals surface area contributed by atoms with Crippen LogP contribution in [0.3, 0.4) is 0 Å². The van der Waals surface area contributed by atoms with Gasteiger partial charge in [0, 0.05) is 5.56 Å². The number of carbonyl (C=O) groups is 1. The normalized spacial score (nSPS) is 19.4. The fraction of sp³-hybridized carbons (Fsp3) is 0.316. The molecule has 0 aliphatic heterocycles. The molecule has 1 aliphatic carbocycles. The molecule has 1 N–H and O–H groups in total. The Morgan fingerprint density at radius 2 is 1.78 bits per heavy atom. The molecular weight excluding hydrogens is 368 g/mol. The lowest BCUT2D eigenvalue weighted by Gasteiger charge is -2.35. The van der Waals surface area contributed by atoms with Gasteiger partial charge in [-0.2, -0.15) is 0 Å². The van der Waals surface area contributed by atoms with E-state index in [2.05, 4.69) is 4.74 Å². The number of hydrogen-bond acceptors (Lipinski definition) is 3. The smallest absolute Gasteiger partial charge is 0.480 e. The summed E-state index contributed by atoms with van der Waals surface area (Å²) in [5.41, 5.74) is 1.43. The maximum atomic E-state index is 14.0.